The van der Waals surface area contributed by atoms with E-state index in [1.807, 2.05) is 24.3 Å². The van der Waals surface area contributed by atoms with E-state index in [1.165, 1.54) is 17.0 Å². The number of anilines is 1. The van der Waals surface area contributed by atoms with E-state index in [0.29, 0.717) is 5.69 Å². The van der Waals surface area contributed by atoms with Gasteiger partial charge < -0.3 is 5.11 Å². The predicted molar refractivity (Wildman–Crippen MR) is 104 cm³/mol. The monoisotopic (exact) mass is 367 g/mol. The Hall–Kier alpha value is -3.40. The highest BCUT2D eigenvalue weighted by Crippen LogP contribution is 2.61. The summed E-state index contributed by atoms with van der Waals surface area (Å²) < 4.78 is 0. The van der Waals surface area contributed by atoms with Crippen LogP contribution in [0.3, 0.4) is 0 Å². The zero-order valence-corrected chi connectivity index (χ0v) is 14.9. The minimum absolute atomic E-state index is 0.0440. The molecule has 0 spiro atoms. The molecule has 3 aromatic rings. The molecule has 2 atom stereocenters. The molecular formula is C24H17NO3. The molecule has 2 amide bonds. The van der Waals surface area contributed by atoms with Crippen molar-refractivity contribution in [1.82, 2.24) is 0 Å². The summed E-state index contributed by atoms with van der Waals surface area (Å²) in [5.41, 5.74) is 5.08. The first-order valence-corrected chi connectivity index (χ1v) is 9.51. The average molecular weight is 367 g/mol. The standard InChI is InChI=1S/C24H17NO3/c26-14-7-5-6-13(12-14)25-23(27)21-19-15-8-1-2-9-16(15)20(22(21)24(25)28)18-11-4-3-10-17(18)19/h1-12,19-22,26H. The summed E-state index contributed by atoms with van der Waals surface area (Å²) in [6.07, 6.45) is 0. The highest BCUT2D eigenvalue weighted by Gasteiger charge is 2.61. The van der Waals surface area contributed by atoms with Crippen LogP contribution in [0.25, 0.3) is 0 Å². The van der Waals surface area contributed by atoms with Gasteiger partial charge in [0.05, 0.1) is 17.5 Å². The fraction of sp³-hybridized carbons (Fsp3) is 0.167. The summed E-state index contributed by atoms with van der Waals surface area (Å²) in [6, 6.07) is 22.8. The van der Waals surface area contributed by atoms with Gasteiger partial charge in [0.15, 0.2) is 0 Å². The molecule has 7 rings (SSSR count). The Kier molecular flexibility index (Phi) is 2.97. The summed E-state index contributed by atoms with van der Waals surface area (Å²) in [7, 11) is 0. The van der Waals surface area contributed by atoms with Crippen LogP contribution in [0, 0.1) is 11.8 Å². The topological polar surface area (TPSA) is 57.6 Å². The molecule has 0 saturated carbocycles. The summed E-state index contributed by atoms with van der Waals surface area (Å²) >= 11 is 0. The smallest absolute Gasteiger partial charge is 0.238 e. The maximum absolute atomic E-state index is 13.5. The van der Waals surface area contributed by atoms with Crippen molar-refractivity contribution in [3.8, 4) is 5.75 Å². The van der Waals surface area contributed by atoms with Gasteiger partial charge in [-0.25, -0.2) is 4.90 Å². The fourth-order valence-corrected chi connectivity index (χ4v) is 5.56. The van der Waals surface area contributed by atoms with Crippen molar-refractivity contribution < 1.29 is 14.7 Å². The van der Waals surface area contributed by atoms with Gasteiger partial charge >= 0.3 is 0 Å². The molecule has 2 bridgehead atoms. The number of rotatable bonds is 1. The average Bonchev–Trinajstić information content (AvgIpc) is 2.99. The lowest BCUT2D eigenvalue weighted by Crippen LogP contribution is -2.41. The Balaban J connectivity index is 1.58. The van der Waals surface area contributed by atoms with E-state index in [-0.39, 0.29) is 29.4 Å². The third-order valence-electron chi connectivity index (χ3n) is 6.54. The Labute approximate surface area is 162 Å². The van der Waals surface area contributed by atoms with Crippen molar-refractivity contribution in [3.63, 3.8) is 0 Å². The van der Waals surface area contributed by atoms with Crippen LogP contribution in [0.15, 0.2) is 72.8 Å². The first kappa shape index (κ1) is 15.6. The predicted octanol–water partition coefficient (Wildman–Crippen LogP) is 3.79. The van der Waals surface area contributed by atoms with Crippen molar-refractivity contribution in [2.75, 3.05) is 4.90 Å². The number of amides is 2. The van der Waals surface area contributed by atoms with E-state index >= 15 is 0 Å². The third-order valence-corrected chi connectivity index (χ3v) is 6.54. The van der Waals surface area contributed by atoms with E-state index in [9.17, 15) is 14.7 Å². The second-order valence-corrected chi connectivity index (χ2v) is 7.80. The highest BCUT2D eigenvalue weighted by atomic mass is 16.3. The van der Waals surface area contributed by atoms with Crippen molar-refractivity contribution in [3.05, 3.63) is 95.1 Å². The van der Waals surface area contributed by atoms with Crippen LogP contribution < -0.4 is 4.90 Å². The molecule has 4 aliphatic rings. The summed E-state index contributed by atoms with van der Waals surface area (Å²) in [6.45, 7) is 0. The van der Waals surface area contributed by atoms with Crippen LogP contribution >= 0.6 is 0 Å². The number of carbonyl (C=O) groups excluding carboxylic acids is 2. The zero-order chi connectivity index (χ0) is 19.0. The second kappa shape index (κ2) is 5.32. The van der Waals surface area contributed by atoms with Crippen LogP contribution in [0.2, 0.25) is 0 Å². The Morgan fingerprint density at radius 3 is 1.54 bits per heavy atom. The van der Waals surface area contributed by atoms with Crippen LogP contribution in [-0.4, -0.2) is 16.9 Å². The van der Waals surface area contributed by atoms with E-state index in [4.69, 9.17) is 0 Å². The molecular weight excluding hydrogens is 350 g/mol. The first-order valence-electron chi connectivity index (χ1n) is 9.51. The number of benzene rings is 3. The Bertz CT molecular complexity index is 1050. The molecule has 4 heteroatoms. The number of carbonyl (C=O) groups is 2. The van der Waals surface area contributed by atoms with Gasteiger partial charge in [-0.3, -0.25) is 9.59 Å². The number of imide groups is 1. The number of hydrogen-bond acceptors (Lipinski definition) is 3. The molecule has 1 fully saturated rings. The fourth-order valence-electron chi connectivity index (χ4n) is 5.56. The van der Waals surface area contributed by atoms with Gasteiger partial charge in [-0.1, -0.05) is 54.6 Å². The number of phenols is 1. The minimum atomic E-state index is -0.398. The van der Waals surface area contributed by atoms with Crippen molar-refractivity contribution in [2.24, 2.45) is 11.8 Å². The molecule has 1 aliphatic heterocycles. The molecule has 1 N–H and O–H groups in total. The van der Waals surface area contributed by atoms with Gasteiger partial charge in [0.1, 0.15) is 5.75 Å². The van der Waals surface area contributed by atoms with Crippen molar-refractivity contribution >= 4 is 17.5 Å². The summed E-state index contributed by atoms with van der Waals surface area (Å²) in [5.74, 6) is -1.31. The number of aromatic hydroxyl groups is 1. The maximum atomic E-state index is 13.5. The lowest BCUT2D eigenvalue weighted by Gasteiger charge is -2.45. The minimum Gasteiger partial charge on any atom is -0.508 e. The van der Waals surface area contributed by atoms with Gasteiger partial charge in [-0.2, -0.15) is 0 Å². The molecule has 1 saturated heterocycles. The summed E-state index contributed by atoms with van der Waals surface area (Å²) in [4.78, 5) is 28.3. The number of phenolic OH excluding ortho intramolecular Hbond substituents is 1. The van der Waals surface area contributed by atoms with Gasteiger partial charge in [0.2, 0.25) is 11.8 Å². The molecule has 136 valence electrons. The first-order chi connectivity index (χ1) is 13.7. The Morgan fingerprint density at radius 2 is 1.11 bits per heavy atom. The SMILES string of the molecule is O=C1C2C3c4ccccc4C(c4ccccc43)C2C(=O)N1c1cccc(O)c1. The largest absolute Gasteiger partial charge is 0.508 e. The number of hydrogen-bond donors (Lipinski definition) is 1. The lowest BCUT2D eigenvalue weighted by atomic mass is 9.55. The molecule has 4 nitrogen and oxygen atoms in total. The van der Waals surface area contributed by atoms with Crippen LogP contribution in [0.5, 0.6) is 5.75 Å². The van der Waals surface area contributed by atoms with Crippen molar-refractivity contribution in [1.29, 1.82) is 0 Å². The van der Waals surface area contributed by atoms with E-state index in [0.717, 1.165) is 22.3 Å². The third kappa shape index (κ3) is 1.80. The zero-order valence-electron chi connectivity index (χ0n) is 14.9. The van der Waals surface area contributed by atoms with Gasteiger partial charge in [0, 0.05) is 17.9 Å². The second-order valence-electron chi connectivity index (χ2n) is 7.80. The summed E-state index contributed by atoms with van der Waals surface area (Å²) in [5, 5.41) is 9.86. The molecule has 0 radical (unpaired) electrons. The normalized spacial score (nSPS) is 26.8. The molecule has 3 aromatic carbocycles. The Morgan fingerprint density at radius 1 is 0.643 bits per heavy atom. The van der Waals surface area contributed by atoms with E-state index < -0.39 is 11.8 Å². The van der Waals surface area contributed by atoms with Crippen molar-refractivity contribution in [2.45, 2.75) is 11.8 Å². The molecule has 0 aromatic heterocycles. The quantitative estimate of drug-likeness (QED) is 0.666. The van der Waals surface area contributed by atoms with E-state index in [1.54, 1.807) is 12.1 Å². The van der Waals surface area contributed by atoms with Gasteiger partial charge in [-0.05, 0) is 34.4 Å². The molecule has 2 unspecified atom stereocenters. The van der Waals surface area contributed by atoms with Crippen LogP contribution in [-0.2, 0) is 9.59 Å². The molecule has 1 heterocycles. The number of nitrogens with zero attached hydrogens (tertiary/aromatic N) is 1. The molecule has 28 heavy (non-hydrogen) atoms. The van der Waals surface area contributed by atoms with Crippen LogP contribution in [0.4, 0.5) is 5.69 Å². The molecule has 3 aliphatic carbocycles. The van der Waals surface area contributed by atoms with Gasteiger partial charge in [-0.15, -0.1) is 0 Å². The highest BCUT2D eigenvalue weighted by molar-refractivity contribution is 6.23. The lowest BCUT2D eigenvalue weighted by molar-refractivity contribution is -0.122. The van der Waals surface area contributed by atoms with E-state index in [2.05, 4.69) is 24.3 Å². The van der Waals surface area contributed by atoms with Gasteiger partial charge in [0.25, 0.3) is 0 Å². The van der Waals surface area contributed by atoms with Crippen LogP contribution in [0.1, 0.15) is 34.1 Å². The maximum Gasteiger partial charge on any atom is 0.238 e.